The Bertz CT molecular complexity index is 612. The molecular weight excluding hydrogens is 324 g/mol. The number of rotatable bonds is 7. The summed E-state index contributed by atoms with van der Waals surface area (Å²) in [5.74, 6) is -1.80. The molecule has 0 bridgehead atoms. The van der Waals surface area contributed by atoms with Crippen molar-refractivity contribution in [2.24, 2.45) is 0 Å². The van der Waals surface area contributed by atoms with Crippen LogP contribution in [-0.2, 0) is 21.1 Å². The molecule has 1 aromatic heterocycles. The minimum absolute atomic E-state index is 0.0932. The van der Waals surface area contributed by atoms with E-state index in [1.807, 2.05) is 0 Å². The van der Waals surface area contributed by atoms with Gasteiger partial charge in [0.25, 0.3) is 0 Å². The van der Waals surface area contributed by atoms with Gasteiger partial charge in [0.05, 0.1) is 16.5 Å². The van der Waals surface area contributed by atoms with Gasteiger partial charge in [-0.05, 0) is 25.8 Å². The molecule has 0 spiro atoms. The zero-order chi connectivity index (χ0) is 16.2. The average Bonchev–Trinajstić information content (AvgIpc) is 2.93. The van der Waals surface area contributed by atoms with Crippen molar-refractivity contribution >= 4 is 27.1 Å². The molecule has 0 radical (unpaired) electrons. The lowest BCUT2D eigenvalue weighted by molar-refractivity contribution is -0.134. The van der Waals surface area contributed by atoms with E-state index in [4.69, 9.17) is 5.11 Å². The molecule has 6 nitrogen and oxygen atoms in total. The first-order chi connectivity index (χ1) is 10.4. The molecule has 0 aliphatic carbocycles. The molecule has 0 saturated carbocycles. The number of aliphatic carboxylic acids is 1. The molecule has 0 aromatic carbocycles. The molecule has 124 valence electrons. The molecule has 1 fully saturated rings. The van der Waals surface area contributed by atoms with Crippen LogP contribution in [0.2, 0.25) is 0 Å². The van der Waals surface area contributed by atoms with E-state index < -0.39 is 21.6 Å². The van der Waals surface area contributed by atoms with E-state index in [0.29, 0.717) is 12.5 Å². The summed E-state index contributed by atoms with van der Waals surface area (Å²) in [6.45, 7) is 4.15. The third kappa shape index (κ3) is 5.03. The van der Waals surface area contributed by atoms with Gasteiger partial charge in [0, 0.05) is 24.4 Å². The molecule has 1 unspecified atom stereocenters. The molecule has 1 aliphatic heterocycles. The van der Waals surface area contributed by atoms with Gasteiger partial charge in [-0.15, -0.1) is 11.3 Å². The number of likely N-dealkylation sites (tertiary alicyclic amines) is 1. The van der Waals surface area contributed by atoms with E-state index in [1.54, 1.807) is 11.3 Å². The van der Waals surface area contributed by atoms with Crippen LogP contribution >= 0.6 is 11.3 Å². The smallest absolute Gasteiger partial charge is 0.318 e. The molecule has 22 heavy (non-hydrogen) atoms. The Labute approximate surface area is 135 Å². The highest BCUT2D eigenvalue weighted by atomic mass is 32.2. The molecule has 1 aliphatic rings. The molecular formula is C14H22N2O4S2. The largest absolute Gasteiger partial charge is 0.480 e. The van der Waals surface area contributed by atoms with Gasteiger partial charge < -0.3 is 10.0 Å². The third-order valence-corrected chi connectivity index (χ3v) is 6.40. The summed E-state index contributed by atoms with van der Waals surface area (Å²) in [4.78, 5) is 17.3. The minimum Gasteiger partial charge on any atom is -0.480 e. The molecule has 8 heteroatoms. The summed E-state index contributed by atoms with van der Waals surface area (Å²) >= 11 is 1.68. The molecule has 1 atom stereocenters. The van der Waals surface area contributed by atoms with Crippen molar-refractivity contribution in [3.8, 4) is 0 Å². The topological polar surface area (TPSA) is 87.6 Å². The molecule has 2 rings (SSSR count). The predicted octanol–water partition coefficient (Wildman–Crippen LogP) is 1.38. The van der Waals surface area contributed by atoms with Gasteiger partial charge in [-0.2, -0.15) is 0 Å². The quantitative estimate of drug-likeness (QED) is 0.803. The maximum Gasteiger partial charge on any atom is 0.318 e. The number of piperidine rings is 1. The van der Waals surface area contributed by atoms with Gasteiger partial charge in [0.2, 0.25) is 0 Å². The van der Waals surface area contributed by atoms with Crippen molar-refractivity contribution in [3.05, 3.63) is 16.1 Å². The Morgan fingerprint density at radius 3 is 2.95 bits per heavy atom. The fourth-order valence-corrected chi connectivity index (χ4v) is 4.75. The first-order valence-corrected chi connectivity index (χ1v) is 10.2. The lowest BCUT2D eigenvalue weighted by Crippen LogP contribution is -2.38. The van der Waals surface area contributed by atoms with Crippen LogP contribution in [0.3, 0.4) is 0 Å². The van der Waals surface area contributed by atoms with Crippen molar-refractivity contribution in [1.82, 2.24) is 9.88 Å². The van der Waals surface area contributed by atoms with Crippen molar-refractivity contribution in [2.45, 2.75) is 32.1 Å². The van der Waals surface area contributed by atoms with E-state index in [0.717, 1.165) is 43.1 Å². The number of sulfone groups is 1. The number of nitrogens with zero attached hydrogens (tertiary/aromatic N) is 2. The minimum atomic E-state index is -3.52. The van der Waals surface area contributed by atoms with Crippen molar-refractivity contribution < 1.29 is 18.3 Å². The van der Waals surface area contributed by atoms with Gasteiger partial charge in [-0.25, -0.2) is 13.4 Å². The second-order valence-electron chi connectivity index (χ2n) is 5.66. The number of carbonyl (C=O) groups is 1. The summed E-state index contributed by atoms with van der Waals surface area (Å²) in [6.07, 6.45) is 3.03. The number of carboxylic acids is 1. The second-order valence-corrected chi connectivity index (χ2v) is 8.73. The maximum absolute atomic E-state index is 11.7. The molecule has 1 aromatic rings. The van der Waals surface area contributed by atoms with Crippen LogP contribution in [-0.4, -0.2) is 60.5 Å². The van der Waals surface area contributed by atoms with E-state index in [-0.39, 0.29) is 5.75 Å². The molecule has 1 saturated heterocycles. The second kappa shape index (κ2) is 7.52. The van der Waals surface area contributed by atoms with Gasteiger partial charge >= 0.3 is 5.97 Å². The third-order valence-electron chi connectivity index (χ3n) is 3.85. The lowest BCUT2D eigenvalue weighted by Gasteiger charge is -2.31. The van der Waals surface area contributed by atoms with Crippen LogP contribution in [0.1, 0.15) is 36.4 Å². The first-order valence-electron chi connectivity index (χ1n) is 7.48. The SMILES string of the molecule is CCc1csc(C2CCCN(CCS(=O)(=O)CC(=O)O)C2)n1. The van der Waals surface area contributed by atoms with E-state index >= 15 is 0 Å². The Morgan fingerprint density at radius 2 is 2.32 bits per heavy atom. The summed E-state index contributed by atoms with van der Waals surface area (Å²) in [5, 5.41) is 11.8. The maximum atomic E-state index is 11.7. The standard InChI is InChI=1S/C14H22N2O4S2/c1-2-12-9-21-14(15-12)11-4-3-5-16(8-11)6-7-22(19,20)10-13(17)18/h9,11H,2-8,10H2,1H3,(H,17,18). The van der Waals surface area contributed by atoms with Crippen LogP contribution in [0, 0.1) is 0 Å². The van der Waals surface area contributed by atoms with Gasteiger partial charge in [0.15, 0.2) is 9.84 Å². The lowest BCUT2D eigenvalue weighted by atomic mass is 9.99. The van der Waals surface area contributed by atoms with Crippen LogP contribution < -0.4 is 0 Å². The van der Waals surface area contributed by atoms with Crippen LogP contribution in [0.25, 0.3) is 0 Å². The Balaban J connectivity index is 1.89. The number of hydrogen-bond donors (Lipinski definition) is 1. The van der Waals surface area contributed by atoms with Crippen molar-refractivity contribution in [2.75, 3.05) is 31.1 Å². The highest BCUT2D eigenvalue weighted by Gasteiger charge is 2.25. The van der Waals surface area contributed by atoms with Crippen molar-refractivity contribution in [3.63, 3.8) is 0 Å². The highest BCUT2D eigenvalue weighted by molar-refractivity contribution is 7.92. The Kier molecular flexibility index (Phi) is 5.94. The molecule has 0 amide bonds. The average molecular weight is 346 g/mol. The number of aryl methyl sites for hydroxylation is 1. The summed E-state index contributed by atoms with van der Waals surface area (Å²) in [5.41, 5.74) is 1.11. The van der Waals surface area contributed by atoms with Crippen LogP contribution in [0.15, 0.2) is 5.38 Å². The monoisotopic (exact) mass is 346 g/mol. The van der Waals surface area contributed by atoms with Crippen LogP contribution in [0.4, 0.5) is 0 Å². The van der Waals surface area contributed by atoms with Crippen LogP contribution in [0.5, 0.6) is 0 Å². The highest BCUT2D eigenvalue weighted by Crippen LogP contribution is 2.29. The van der Waals surface area contributed by atoms with Gasteiger partial charge in [-0.1, -0.05) is 6.92 Å². The van der Waals surface area contributed by atoms with E-state index in [2.05, 4.69) is 22.2 Å². The number of aromatic nitrogens is 1. The van der Waals surface area contributed by atoms with E-state index in [9.17, 15) is 13.2 Å². The van der Waals surface area contributed by atoms with Gasteiger partial charge in [0.1, 0.15) is 5.75 Å². The normalized spacial score (nSPS) is 20.1. The summed E-state index contributed by atoms with van der Waals surface area (Å²) in [6, 6.07) is 0. The predicted molar refractivity (Wildman–Crippen MR) is 86.2 cm³/mol. The molecule has 2 heterocycles. The zero-order valence-corrected chi connectivity index (χ0v) is 14.3. The number of thiazole rings is 1. The van der Waals surface area contributed by atoms with Crippen molar-refractivity contribution in [1.29, 1.82) is 0 Å². The first kappa shape index (κ1) is 17.4. The summed E-state index contributed by atoms with van der Waals surface area (Å²) in [7, 11) is -3.52. The van der Waals surface area contributed by atoms with Gasteiger partial charge in [-0.3, -0.25) is 4.79 Å². The summed E-state index contributed by atoms with van der Waals surface area (Å²) < 4.78 is 23.3. The molecule has 1 N–H and O–H groups in total. The fourth-order valence-electron chi connectivity index (χ4n) is 2.66. The van der Waals surface area contributed by atoms with E-state index in [1.165, 1.54) is 0 Å². The Morgan fingerprint density at radius 1 is 1.55 bits per heavy atom. The number of hydrogen-bond acceptors (Lipinski definition) is 6. The Hall–Kier alpha value is -0.990. The number of carboxylic acid groups (broad SMARTS) is 1. The zero-order valence-electron chi connectivity index (χ0n) is 12.7. The fraction of sp³-hybridized carbons (Fsp3) is 0.714.